The molecule has 2 heterocycles. The van der Waals surface area contributed by atoms with E-state index in [4.69, 9.17) is 0 Å². The lowest BCUT2D eigenvalue weighted by atomic mass is 9.73. The van der Waals surface area contributed by atoms with Gasteiger partial charge in [0.2, 0.25) is 0 Å². The molecule has 2 atom stereocenters. The lowest BCUT2D eigenvalue weighted by Gasteiger charge is -2.43. The molecule has 0 aromatic heterocycles. The standard InChI is InChI=1S/C14H26N2O/c1-5-15-13(17)16-11-6-7-12(16)9-10(8-11)14(2,3)4/h10-12H,5-9H2,1-4H3,(H,15,17). The van der Waals surface area contributed by atoms with Crippen LogP contribution in [0.15, 0.2) is 0 Å². The van der Waals surface area contributed by atoms with Crippen LogP contribution in [0.4, 0.5) is 4.79 Å². The van der Waals surface area contributed by atoms with Crippen LogP contribution in [0.1, 0.15) is 53.4 Å². The third-order valence-corrected chi connectivity index (χ3v) is 4.52. The molecular weight excluding hydrogens is 212 g/mol. The fourth-order valence-corrected chi connectivity index (χ4v) is 3.46. The van der Waals surface area contributed by atoms with Gasteiger partial charge in [-0.25, -0.2) is 4.79 Å². The topological polar surface area (TPSA) is 32.3 Å². The minimum Gasteiger partial charge on any atom is -0.338 e. The van der Waals surface area contributed by atoms with Crippen LogP contribution in [0.2, 0.25) is 0 Å². The average molecular weight is 238 g/mol. The highest BCUT2D eigenvalue weighted by molar-refractivity contribution is 5.75. The van der Waals surface area contributed by atoms with Crippen LogP contribution < -0.4 is 5.32 Å². The second-order valence-corrected chi connectivity index (χ2v) is 6.66. The van der Waals surface area contributed by atoms with Crippen molar-refractivity contribution in [2.75, 3.05) is 6.54 Å². The third kappa shape index (κ3) is 2.43. The van der Waals surface area contributed by atoms with Gasteiger partial charge in [-0.2, -0.15) is 0 Å². The molecule has 2 aliphatic heterocycles. The van der Waals surface area contributed by atoms with E-state index in [0.717, 1.165) is 12.5 Å². The Morgan fingerprint density at radius 1 is 1.24 bits per heavy atom. The highest BCUT2D eigenvalue weighted by atomic mass is 16.2. The van der Waals surface area contributed by atoms with Crippen molar-refractivity contribution in [2.45, 2.75) is 65.5 Å². The van der Waals surface area contributed by atoms with E-state index < -0.39 is 0 Å². The Hall–Kier alpha value is -0.730. The summed E-state index contributed by atoms with van der Waals surface area (Å²) in [6, 6.07) is 1.14. The van der Waals surface area contributed by atoms with Crippen LogP contribution in [-0.2, 0) is 0 Å². The Morgan fingerprint density at radius 2 is 1.76 bits per heavy atom. The minimum absolute atomic E-state index is 0.160. The molecule has 2 saturated heterocycles. The van der Waals surface area contributed by atoms with Gasteiger partial charge in [-0.1, -0.05) is 20.8 Å². The second kappa shape index (κ2) is 4.51. The van der Waals surface area contributed by atoms with Crippen molar-refractivity contribution in [1.82, 2.24) is 10.2 Å². The number of fused-ring (bicyclic) bond motifs is 2. The number of piperidine rings is 1. The zero-order valence-electron chi connectivity index (χ0n) is 11.6. The van der Waals surface area contributed by atoms with Crippen molar-refractivity contribution in [3.05, 3.63) is 0 Å². The highest BCUT2D eigenvalue weighted by Gasteiger charge is 2.45. The predicted molar refractivity (Wildman–Crippen MR) is 69.9 cm³/mol. The fraction of sp³-hybridized carbons (Fsp3) is 0.929. The highest BCUT2D eigenvalue weighted by Crippen LogP contribution is 2.45. The van der Waals surface area contributed by atoms with Crippen LogP contribution in [0.3, 0.4) is 0 Å². The van der Waals surface area contributed by atoms with E-state index in [1.54, 1.807) is 0 Å². The van der Waals surface area contributed by atoms with Gasteiger partial charge in [-0.15, -0.1) is 0 Å². The zero-order chi connectivity index (χ0) is 12.6. The number of hydrogen-bond donors (Lipinski definition) is 1. The van der Waals surface area contributed by atoms with E-state index >= 15 is 0 Å². The largest absolute Gasteiger partial charge is 0.338 e. The van der Waals surface area contributed by atoms with E-state index in [1.165, 1.54) is 25.7 Å². The molecule has 0 aromatic carbocycles. The Bertz CT molecular complexity index is 281. The van der Waals surface area contributed by atoms with Gasteiger partial charge in [0.25, 0.3) is 0 Å². The molecule has 3 heteroatoms. The molecule has 0 saturated carbocycles. The van der Waals surface area contributed by atoms with Crippen LogP contribution in [-0.4, -0.2) is 29.6 Å². The molecule has 2 amide bonds. The predicted octanol–water partition coefficient (Wildman–Crippen LogP) is 3.01. The van der Waals surface area contributed by atoms with Gasteiger partial charge in [-0.05, 0) is 43.9 Å². The second-order valence-electron chi connectivity index (χ2n) is 6.66. The summed E-state index contributed by atoms with van der Waals surface area (Å²) in [5, 5.41) is 2.96. The first kappa shape index (κ1) is 12.7. The van der Waals surface area contributed by atoms with E-state index in [1.807, 2.05) is 6.92 Å². The molecule has 0 spiro atoms. The fourth-order valence-electron chi connectivity index (χ4n) is 3.46. The summed E-state index contributed by atoms with van der Waals surface area (Å²) in [6.07, 6.45) is 4.79. The number of carbonyl (C=O) groups excluding carboxylic acids is 1. The average Bonchev–Trinajstić information content (AvgIpc) is 2.48. The zero-order valence-corrected chi connectivity index (χ0v) is 11.6. The van der Waals surface area contributed by atoms with Gasteiger partial charge in [0.05, 0.1) is 0 Å². The Labute approximate surface area is 105 Å². The minimum atomic E-state index is 0.160. The van der Waals surface area contributed by atoms with Crippen LogP contribution >= 0.6 is 0 Å². The van der Waals surface area contributed by atoms with Crippen molar-refractivity contribution in [1.29, 1.82) is 0 Å². The van der Waals surface area contributed by atoms with Gasteiger partial charge in [0, 0.05) is 18.6 Å². The van der Waals surface area contributed by atoms with Crippen LogP contribution in [0.5, 0.6) is 0 Å². The molecule has 2 fully saturated rings. The molecule has 0 aromatic rings. The van der Waals surface area contributed by atoms with Crippen molar-refractivity contribution in [2.24, 2.45) is 11.3 Å². The van der Waals surface area contributed by atoms with Gasteiger partial charge in [-0.3, -0.25) is 0 Å². The van der Waals surface area contributed by atoms with Gasteiger partial charge in [0.15, 0.2) is 0 Å². The van der Waals surface area contributed by atoms with E-state index in [2.05, 4.69) is 31.0 Å². The van der Waals surface area contributed by atoms with E-state index in [9.17, 15) is 4.79 Å². The summed E-state index contributed by atoms with van der Waals surface area (Å²) in [4.78, 5) is 14.2. The molecule has 2 unspecified atom stereocenters. The molecule has 2 bridgehead atoms. The number of amides is 2. The first-order valence-corrected chi connectivity index (χ1v) is 6.99. The smallest absolute Gasteiger partial charge is 0.317 e. The lowest BCUT2D eigenvalue weighted by Crippen LogP contribution is -2.52. The van der Waals surface area contributed by atoms with Crippen molar-refractivity contribution >= 4 is 6.03 Å². The molecule has 2 rings (SSSR count). The Morgan fingerprint density at radius 3 is 2.18 bits per heavy atom. The van der Waals surface area contributed by atoms with Gasteiger partial charge < -0.3 is 10.2 Å². The number of urea groups is 1. The molecule has 0 aliphatic carbocycles. The number of nitrogens with one attached hydrogen (secondary N) is 1. The monoisotopic (exact) mass is 238 g/mol. The van der Waals surface area contributed by atoms with E-state index in [-0.39, 0.29) is 6.03 Å². The number of carbonyl (C=O) groups is 1. The van der Waals surface area contributed by atoms with Crippen LogP contribution in [0.25, 0.3) is 0 Å². The third-order valence-electron chi connectivity index (χ3n) is 4.52. The summed E-state index contributed by atoms with van der Waals surface area (Å²) in [6.45, 7) is 9.72. The maximum Gasteiger partial charge on any atom is 0.317 e. The SMILES string of the molecule is CCNC(=O)N1C2CCC1CC(C(C)(C)C)C2. The maximum absolute atomic E-state index is 12.0. The normalized spacial score (nSPS) is 32.7. The van der Waals surface area contributed by atoms with E-state index in [0.29, 0.717) is 17.5 Å². The molecule has 0 radical (unpaired) electrons. The summed E-state index contributed by atoms with van der Waals surface area (Å²) < 4.78 is 0. The number of nitrogens with zero attached hydrogens (tertiary/aromatic N) is 1. The summed E-state index contributed by atoms with van der Waals surface area (Å²) >= 11 is 0. The quantitative estimate of drug-likeness (QED) is 0.748. The van der Waals surface area contributed by atoms with Crippen LogP contribution in [0, 0.1) is 11.3 Å². The van der Waals surface area contributed by atoms with Gasteiger partial charge >= 0.3 is 6.03 Å². The summed E-state index contributed by atoms with van der Waals surface area (Å²) in [5.41, 5.74) is 0.383. The molecule has 98 valence electrons. The molecular formula is C14H26N2O. The first-order valence-electron chi connectivity index (χ1n) is 6.99. The van der Waals surface area contributed by atoms with Crippen molar-refractivity contribution in [3.8, 4) is 0 Å². The number of hydrogen-bond acceptors (Lipinski definition) is 1. The van der Waals surface area contributed by atoms with Gasteiger partial charge in [0.1, 0.15) is 0 Å². The van der Waals surface area contributed by atoms with Crippen molar-refractivity contribution in [3.63, 3.8) is 0 Å². The molecule has 1 N–H and O–H groups in total. The Balaban J connectivity index is 2.05. The molecule has 3 nitrogen and oxygen atoms in total. The number of rotatable bonds is 1. The summed E-state index contributed by atoms with van der Waals surface area (Å²) in [7, 11) is 0. The molecule has 2 aliphatic rings. The lowest BCUT2D eigenvalue weighted by molar-refractivity contribution is 0.0754. The Kier molecular flexibility index (Phi) is 3.37. The first-order chi connectivity index (χ1) is 7.93. The van der Waals surface area contributed by atoms with Crippen molar-refractivity contribution < 1.29 is 4.79 Å². The summed E-state index contributed by atoms with van der Waals surface area (Å²) in [5.74, 6) is 0.769. The molecule has 17 heavy (non-hydrogen) atoms. The maximum atomic E-state index is 12.0.